The second-order valence-corrected chi connectivity index (χ2v) is 6.91. The number of fused-ring (bicyclic) bond motifs is 1. The number of amides is 1. The fraction of sp³-hybridized carbons (Fsp3) is 0.500. The maximum Gasteiger partial charge on any atom is 0.251 e. The van der Waals surface area contributed by atoms with Gasteiger partial charge in [-0.3, -0.25) is 4.79 Å². The minimum atomic E-state index is 0.0191. The highest BCUT2D eigenvalue weighted by atomic mass is 32.1. The number of hydrogen-bond donors (Lipinski definition) is 2. The molecule has 0 spiro atoms. The molecule has 0 aliphatic heterocycles. The second-order valence-electron chi connectivity index (χ2n) is 5.85. The summed E-state index contributed by atoms with van der Waals surface area (Å²) in [6.07, 6.45) is 5.93. The number of nitrogens with two attached hydrogens (primary N) is 1. The molecule has 2 unspecified atom stereocenters. The Hall–Kier alpha value is -1.62. The summed E-state index contributed by atoms with van der Waals surface area (Å²) in [5.74, 6) is 0.776. The molecule has 1 heterocycles. The first-order valence-electron chi connectivity index (χ1n) is 7.62. The van der Waals surface area contributed by atoms with E-state index >= 15 is 0 Å². The van der Waals surface area contributed by atoms with E-state index in [1.165, 1.54) is 30.6 Å². The summed E-state index contributed by atoms with van der Waals surface area (Å²) >= 11 is 1.42. The minimum absolute atomic E-state index is 0.0191. The van der Waals surface area contributed by atoms with Crippen molar-refractivity contribution in [2.45, 2.75) is 45.1 Å². The number of hydrogen-bond acceptors (Lipinski definition) is 4. The van der Waals surface area contributed by atoms with E-state index in [0.717, 1.165) is 29.0 Å². The highest BCUT2D eigenvalue weighted by Crippen LogP contribution is 2.27. The van der Waals surface area contributed by atoms with Crippen LogP contribution >= 0.6 is 11.3 Å². The molecule has 1 aromatic carbocycles. The molecule has 0 radical (unpaired) electrons. The van der Waals surface area contributed by atoms with Gasteiger partial charge in [0.15, 0.2) is 5.13 Å². The van der Waals surface area contributed by atoms with Gasteiger partial charge >= 0.3 is 0 Å². The number of nitrogens with one attached hydrogen (secondary N) is 1. The van der Waals surface area contributed by atoms with E-state index in [-0.39, 0.29) is 5.91 Å². The quantitative estimate of drug-likeness (QED) is 0.910. The van der Waals surface area contributed by atoms with Gasteiger partial charge in [-0.2, -0.15) is 0 Å². The number of carbonyl (C=O) groups is 1. The van der Waals surface area contributed by atoms with Gasteiger partial charge in [0, 0.05) is 11.6 Å². The van der Waals surface area contributed by atoms with Crippen LogP contribution in [0.5, 0.6) is 0 Å². The summed E-state index contributed by atoms with van der Waals surface area (Å²) in [5, 5.41) is 3.73. The number of aromatic nitrogens is 1. The van der Waals surface area contributed by atoms with Crippen LogP contribution in [0.2, 0.25) is 0 Å². The first-order valence-corrected chi connectivity index (χ1v) is 8.44. The predicted octanol–water partition coefficient (Wildman–Crippen LogP) is 3.58. The van der Waals surface area contributed by atoms with Crippen LogP contribution < -0.4 is 11.1 Å². The van der Waals surface area contributed by atoms with Gasteiger partial charge in [-0.15, -0.1) is 0 Å². The van der Waals surface area contributed by atoms with Crippen LogP contribution in [-0.2, 0) is 0 Å². The van der Waals surface area contributed by atoms with Crippen LogP contribution in [-0.4, -0.2) is 16.9 Å². The van der Waals surface area contributed by atoms with Gasteiger partial charge in [0.25, 0.3) is 5.91 Å². The van der Waals surface area contributed by atoms with Crippen LogP contribution in [0.25, 0.3) is 10.2 Å². The molecule has 2 aromatic rings. The van der Waals surface area contributed by atoms with Gasteiger partial charge in [-0.05, 0) is 37.0 Å². The maximum absolute atomic E-state index is 12.4. The average Bonchev–Trinajstić information content (AvgIpc) is 2.86. The zero-order valence-corrected chi connectivity index (χ0v) is 13.1. The molecule has 2 atom stereocenters. The third kappa shape index (κ3) is 3.18. The van der Waals surface area contributed by atoms with Crippen molar-refractivity contribution in [3.63, 3.8) is 0 Å². The van der Waals surface area contributed by atoms with Gasteiger partial charge in [-0.1, -0.05) is 37.5 Å². The molecule has 1 amide bonds. The number of anilines is 1. The van der Waals surface area contributed by atoms with Crippen LogP contribution in [0.1, 0.15) is 49.4 Å². The fourth-order valence-corrected chi connectivity index (χ4v) is 3.92. The average molecular weight is 303 g/mol. The van der Waals surface area contributed by atoms with Crippen molar-refractivity contribution >= 4 is 32.6 Å². The van der Waals surface area contributed by atoms with Crippen molar-refractivity contribution in [1.29, 1.82) is 0 Å². The summed E-state index contributed by atoms with van der Waals surface area (Å²) in [6.45, 7) is 2.23. The summed E-state index contributed by atoms with van der Waals surface area (Å²) in [6, 6.07) is 5.90. The largest absolute Gasteiger partial charge is 0.375 e. The number of thiazole rings is 1. The lowest BCUT2D eigenvalue weighted by molar-refractivity contribution is 0.0919. The van der Waals surface area contributed by atoms with Crippen molar-refractivity contribution in [2.24, 2.45) is 5.92 Å². The highest BCUT2D eigenvalue weighted by molar-refractivity contribution is 7.22. The van der Waals surface area contributed by atoms with Gasteiger partial charge in [0.1, 0.15) is 0 Å². The molecule has 1 aliphatic carbocycles. The SMILES string of the molecule is CCC1CCCC(NC(=O)c2ccc3nc(N)sc3c2)C1. The van der Waals surface area contributed by atoms with Crippen LogP contribution in [0, 0.1) is 5.92 Å². The third-order valence-electron chi connectivity index (χ3n) is 4.36. The Balaban J connectivity index is 1.71. The van der Waals surface area contributed by atoms with Gasteiger partial charge in [0.2, 0.25) is 0 Å². The zero-order valence-electron chi connectivity index (χ0n) is 12.3. The lowest BCUT2D eigenvalue weighted by atomic mass is 9.84. The molecule has 0 bridgehead atoms. The third-order valence-corrected chi connectivity index (χ3v) is 5.21. The number of carbonyl (C=O) groups excluding carboxylic acids is 1. The van der Waals surface area contributed by atoms with Crippen molar-refractivity contribution in [3.8, 4) is 0 Å². The Morgan fingerprint density at radius 2 is 2.33 bits per heavy atom. The number of benzene rings is 1. The fourth-order valence-electron chi connectivity index (χ4n) is 3.15. The van der Waals surface area contributed by atoms with Crippen molar-refractivity contribution < 1.29 is 4.79 Å². The number of rotatable bonds is 3. The molecule has 5 heteroatoms. The predicted molar refractivity (Wildman–Crippen MR) is 87.5 cm³/mol. The van der Waals surface area contributed by atoms with Crippen molar-refractivity contribution in [1.82, 2.24) is 10.3 Å². The van der Waals surface area contributed by atoms with E-state index in [1.807, 2.05) is 18.2 Å². The molecule has 1 saturated carbocycles. The minimum Gasteiger partial charge on any atom is -0.375 e. The van der Waals surface area contributed by atoms with Crippen molar-refractivity contribution in [2.75, 3.05) is 5.73 Å². The topological polar surface area (TPSA) is 68.0 Å². The van der Waals surface area contributed by atoms with Crippen molar-refractivity contribution in [3.05, 3.63) is 23.8 Å². The lowest BCUT2D eigenvalue weighted by Gasteiger charge is -2.29. The summed E-state index contributed by atoms with van der Waals surface area (Å²) in [4.78, 5) is 16.6. The highest BCUT2D eigenvalue weighted by Gasteiger charge is 2.22. The van der Waals surface area contributed by atoms with Crippen LogP contribution in [0.4, 0.5) is 5.13 Å². The molecule has 1 fully saturated rings. The van der Waals surface area contributed by atoms with Gasteiger partial charge in [-0.25, -0.2) is 4.98 Å². The molecular weight excluding hydrogens is 282 g/mol. The van der Waals surface area contributed by atoms with Crippen LogP contribution in [0.15, 0.2) is 18.2 Å². The molecule has 4 nitrogen and oxygen atoms in total. The van der Waals surface area contributed by atoms with E-state index in [9.17, 15) is 4.79 Å². The van der Waals surface area contributed by atoms with Gasteiger partial charge in [0.05, 0.1) is 10.2 Å². The normalized spacial score (nSPS) is 22.3. The maximum atomic E-state index is 12.4. The number of nitrogen functional groups attached to an aromatic ring is 1. The summed E-state index contributed by atoms with van der Waals surface area (Å²) in [7, 11) is 0. The van der Waals surface area contributed by atoms with E-state index in [0.29, 0.717) is 16.7 Å². The second kappa shape index (κ2) is 6.02. The summed E-state index contributed by atoms with van der Waals surface area (Å²) < 4.78 is 0.968. The molecule has 1 aromatic heterocycles. The molecule has 1 aliphatic rings. The Morgan fingerprint density at radius 3 is 3.14 bits per heavy atom. The molecule has 21 heavy (non-hydrogen) atoms. The molecule has 3 N–H and O–H groups in total. The summed E-state index contributed by atoms with van der Waals surface area (Å²) in [5.41, 5.74) is 7.26. The van der Waals surface area contributed by atoms with E-state index in [2.05, 4.69) is 17.2 Å². The first-order chi connectivity index (χ1) is 10.2. The smallest absolute Gasteiger partial charge is 0.251 e. The molecule has 3 rings (SSSR count). The Bertz CT molecular complexity index is 652. The Morgan fingerprint density at radius 1 is 1.48 bits per heavy atom. The Labute approximate surface area is 128 Å². The lowest BCUT2D eigenvalue weighted by Crippen LogP contribution is -2.38. The Kier molecular flexibility index (Phi) is 4.10. The molecule has 112 valence electrons. The zero-order chi connectivity index (χ0) is 14.8. The van der Waals surface area contributed by atoms with E-state index in [1.54, 1.807) is 0 Å². The molecular formula is C16H21N3OS. The van der Waals surface area contributed by atoms with Gasteiger partial charge < -0.3 is 11.1 Å². The molecule has 0 saturated heterocycles. The standard InChI is InChI=1S/C16H21N3OS/c1-2-10-4-3-5-12(8-10)18-15(20)11-6-7-13-14(9-11)21-16(17)19-13/h6-7,9-10,12H,2-5,8H2,1H3,(H2,17,19)(H,18,20). The monoisotopic (exact) mass is 303 g/mol. The first kappa shape index (κ1) is 14.3. The van der Waals surface area contributed by atoms with E-state index < -0.39 is 0 Å². The van der Waals surface area contributed by atoms with Crippen LogP contribution in [0.3, 0.4) is 0 Å². The number of nitrogens with zero attached hydrogens (tertiary/aromatic N) is 1. The van der Waals surface area contributed by atoms with E-state index in [4.69, 9.17) is 5.73 Å².